The van der Waals surface area contributed by atoms with Crippen LogP contribution < -0.4 is 0 Å². The molecule has 0 N–H and O–H groups in total. The van der Waals surface area contributed by atoms with E-state index in [1.165, 1.54) is 0 Å². The monoisotopic (exact) mass is 302 g/mol. The van der Waals surface area contributed by atoms with Crippen LogP contribution in [0, 0.1) is 0 Å². The van der Waals surface area contributed by atoms with Crippen molar-refractivity contribution in [1.29, 1.82) is 0 Å². The molecule has 0 aliphatic rings. The van der Waals surface area contributed by atoms with Crippen LogP contribution in [-0.2, 0) is 7.71 Å². The van der Waals surface area contributed by atoms with Crippen LogP contribution in [0.15, 0.2) is 0 Å². The molecule has 0 saturated heterocycles. The number of hydrogen-bond acceptors (Lipinski definition) is 3. The van der Waals surface area contributed by atoms with Crippen LogP contribution in [0.4, 0.5) is 0 Å². The van der Waals surface area contributed by atoms with Crippen molar-refractivity contribution in [3.63, 3.8) is 0 Å². The van der Waals surface area contributed by atoms with E-state index < -0.39 is 7.71 Å². The van der Waals surface area contributed by atoms with E-state index in [0.717, 1.165) is 4.68 Å². The molecule has 0 saturated carbocycles. The molecule has 1 aromatic heterocycles. The Labute approximate surface area is 103 Å². The van der Waals surface area contributed by atoms with Gasteiger partial charge in [0.1, 0.15) is 0 Å². The zero-order valence-electron chi connectivity index (χ0n) is 5.56. The van der Waals surface area contributed by atoms with E-state index in [1.807, 2.05) is 0 Å². The van der Waals surface area contributed by atoms with Gasteiger partial charge in [-0.15, -0.1) is 5.10 Å². The molecule has 0 aromatic carbocycles. The standard InChI is InChI=1S/C3Cl6N4/c4-2(5,6)1-10-11-12-13(1)3(7,8)9. The van der Waals surface area contributed by atoms with E-state index in [-0.39, 0.29) is 5.82 Å². The van der Waals surface area contributed by atoms with Crippen molar-refractivity contribution in [2.45, 2.75) is 7.71 Å². The Morgan fingerprint density at radius 2 is 1.54 bits per heavy atom. The number of halogens is 6. The van der Waals surface area contributed by atoms with E-state index in [2.05, 4.69) is 15.5 Å². The summed E-state index contributed by atoms with van der Waals surface area (Å²) in [6, 6.07) is 0. The molecule has 0 aliphatic heterocycles. The smallest absolute Gasteiger partial charge is 0.175 e. The molecule has 1 aromatic rings. The third-order valence-electron chi connectivity index (χ3n) is 0.963. The number of nitrogens with zero attached hydrogens (tertiary/aromatic N) is 4. The first kappa shape index (κ1) is 11.9. The molecular weight excluding hydrogens is 305 g/mol. The van der Waals surface area contributed by atoms with E-state index >= 15 is 0 Å². The average Bonchev–Trinajstić information content (AvgIpc) is 2.27. The molecule has 1 heterocycles. The molecule has 0 amide bonds. The van der Waals surface area contributed by atoms with Gasteiger partial charge in [0.15, 0.2) is 0 Å². The van der Waals surface area contributed by atoms with E-state index in [9.17, 15) is 0 Å². The average molecular weight is 305 g/mol. The molecule has 10 heteroatoms. The minimum Gasteiger partial charge on any atom is -0.175 e. The molecule has 13 heavy (non-hydrogen) atoms. The SMILES string of the molecule is ClC(Cl)(Cl)c1nnnn1C(Cl)(Cl)Cl. The predicted molar refractivity (Wildman–Crippen MR) is 52.6 cm³/mol. The second-order valence-corrected chi connectivity index (χ2v) is 6.38. The Kier molecular flexibility index (Phi) is 3.43. The Morgan fingerprint density at radius 1 is 1.00 bits per heavy atom. The van der Waals surface area contributed by atoms with Gasteiger partial charge in [-0.3, -0.25) is 0 Å². The van der Waals surface area contributed by atoms with Gasteiger partial charge in [0, 0.05) is 0 Å². The highest BCUT2D eigenvalue weighted by atomic mass is 35.6. The number of aromatic nitrogens is 4. The maximum absolute atomic E-state index is 5.50. The van der Waals surface area contributed by atoms with E-state index in [1.54, 1.807) is 0 Å². The molecule has 0 fully saturated rings. The summed E-state index contributed by atoms with van der Waals surface area (Å²) >= 11 is 33.0. The zero-order valence-corrected chi connectivity index (χ0v) is 10.1. The first-order valence-electron chi connectivity index (χ1n) is 2.65. The first-order valence-corrected chi connectivity index (χ1v) is 4.92. The lowest BCUT2D eigenvalue weighted by molar-refractivity contribution is 0.611. The van der Waals surface area contributed by atoms with Gasteiger partial charge in [-0.05, 0) is 10.4 Å². The fourth-order valence-corrected chi connectivity index (χ4v) is 1.23. The van der Waals surface area contributed by atoms with E-state index in [4.69, 9.17) is 69.6 Å². The number of alkyl halides is 6. The van der Waals surface area contributed by atoms with Crippen molar-refractivity contribution in [2.24, 2.45) is 0 Å². The first-order chi connectivity index (χ1) is 5.73. The molecule has 1 rings (SSSR count). The van der Waals surface area contributed by atoms with Crippen LogP contribution in [0.1, 0.15) is 5.82 Å². The molecule has 0 bridgehead atoms. The quantitative estimate of drug-likeness (QED) is 0.692. The number of rotatable bonds is 0. The Bertz CT molecular complexity index is 267. The van der Waals surface area contributed by atoms with Crippen molar-refractivity contribution < 1.29 is 0 Å². The van der Waals surface area contributed by atoms with Gasteiger partial charge >= 0.3 is 0 Å². The van der Waals surface area contributed by atoms with Crippen molar-refractivity contribution >= 4 is 69.6 Å². The van der Waals surface area contributed by atoms with Gasteiger partial charge < -0.3 is 0 Å². The van der Waals surface area contributed by atoms with Gasteiger partial charge in [0.05, 0.1) is 0 Å². The highest BCUT2D eigenvalue weighted by Gasteiger charge is 2.37. The molecule has 0 aliphatic carbocycles. The van der Waals surface area contributed by atoms with Crippen molar-refractivity contribution in [1.82, 2.24) is 20.2 Å². The second-order valence-electron chi connectivity index (χ2n) is 1.88. The van der Waals surface area contributed by atoms with Crippen molar-refractivity contribution in [3.8, 4) is 0 Å². The second kappa shape index (κ2) is 3.76. The zero-order chi connectivity index (χ0) is 10.3. The molecular formula is C3Cl6N4. The summed E-state index contributed by atoms with van der Waals surface area (Å²) in [4.78, 5) is 0. The third kappa shape index (κ3) is 2.88. The van der Waals surface area contributed by atoms with Gasteiger partial charge in [0.25, 0.3) is 7.71 Å². The predicted octanol–water partition coefficient (Wildman–Crippen LogP) is 2.78. The normalized spacial score (nSPS) is 13.4. The molecule has 74 valence electrons. The highest BCUT2D eigenvalue weighted by molar-refractivity contribution is 6.67. The van der Waals surface area contributed by atoms with Crippen LogP contribution in [0.2, 0.25) is 0 Å². The summed E-state index contributed by atoms with van der Waals surface area (Å²) in [6.07, 6.45) is 0. The molecule has 0 atom stereocenters. The summed E-state index contributed by atoms with van der Waals surface area (Å²) in [7, 11) is 0. The summed E-state index contributed by atoms with van der Waals surface area (Å²) in [5.74, 6) is -0.169. The van der Waals surface area contributed by atoms with Crippen LogP contribution in [0.3, 0.4) is 0 Å². The van der Waals surface area contributed by atoms with Gasteiger partial charge in [-0.25, -0.2) is 0 Å². The summed E-state index contributed by atoms with van der Waals surface area (Å²) in [6.45, 7) is 0. The van der Waals surface area contributed by atoms with Gasteiger partial charge in [-0.2, -0.15) is 4.68 Å². The summed E-state index contributed by atoms with van der Waals surface area (Å²) in [5.41, 5.74) is 0. The Morgan fingerprint density at radius 3 is 1.85 bits per heavy atom. The number of hydrogen-bond donors (Lipinski definition) is 0. The summed E-state index contributed by atoms with van der Waals surface area (Å²) in [5, 5.41) is 9.98. The van der Waals surface area contributed by atoms with Gasteiger partial charge in [-0.1, -0.05) is 69.6 Å². The van der Waals surface area contributed by atoms with Crippen LogP contribution in [0.5, 0.6) is 0 Å². The van der Waals surface area contributed by atoms with Crippen molar-refractivity contribution in [2.75, 3.05) is 0 Å². The van der Waals surface area contributed by atoms with Crippen molar-refractivity contribution in [3.05, 3.63) is 5.82 Å². The third-order valence-corrected chi connectivity index (χ3v) is 1.95. The molecule has 0 radical (unpaired) electrons. The lowest BCUT2D eigenvalue weighted by Gasteiger charge is -2.15. The minimum atomic E-state index is -1.89. The van der Waals surface area contributed by atoms with Crippen LogP contribution in [-0.4, -0.2) is 20.2 Å². The minimum absolute atomic E-state index is 0.169. The highest BCUT2D eigenvalue weighted by Crippen LogP contribution is 2.41. The molecule has 0 spiro atoms. The number of tetrazole rings is 1. The van der Waals surface area contributed by atoms with E-state index in [0.29, 0.717) is 0 Å². The fraction of sp³-hybridized carbons (Fsp3) is 0.667. The Hall–Kier alpha value is 0.810. The maximum atomic E-state index is 5.50. The molecule has 0 unspecified atom stereocenters. The van der Waals surface area contributed by atoms with Gasteiger partial charge in [0.2, 0.25) is 5.82 Å². The summed E-state index contributed by atoms with van der Waals surface area (Å²) < 4.78 is -2.94. The van der Waals surface area contributed by atoms with Crippen LogP contribution >= 0.6 is 69.6 Å². The maximum Gasteiger partial charge on any atom is 0.290 e. The fourth-order valence-electron chi connectivity index (χ4n) is 0.535. The largest absolute Gasteiger partial charge is 0.290 e. The Balaban J connectivity index is 3.19. The molecule has 4 nitrogen and oxygen atoms in total. The topological polar surface area (TPSA) is 43.6 Å². The lowest BCUT2D eigenvalue weighted by atomic mass is 10.7. The lowest BCUT2D eigenvalue weighted by Crippen LogP contribution is -2.22. The van der Waals surface area contributed by atoms with Crippen LogP contribution in [0.25, 0.3) is 0 Å².